The van der Waals surface area contributed by atoms with Crippen LogP contribution in [0.3, 0.4) is 0 Å². The molecule has 4 unspecified atom stereocenters. The van der Waals surface area contributed by atoms with Gasteiger partial charge in [-0.1, -0.05) is 61.4 Å². The zero-order valence-electron chi connectivity index (χ0n) is 67.3. The lowest BCUT2D eigenvalue weighted by molar-refractivity contribution is -0.401. The number of phosphoric acid groups is 3. The van der Waals surface area contributed by atoms with Gasteiger partial charge in [-0.3, -0.25) is 60.6 Å². The first-order chi connectivity index (χ1) is 57.9. The molecule has 4 heterocycles. The highest BCUT2D eigenvalue weighted by Crippen LogP contribution is 2.66. The largest absolute Gasteiger partial charge is 0.490 e. The summed E-state index contributed by atoms with van der Waals surface area (Å²) >= 11 is 0. The summed E-state index contributed by atoms with van der Waals surface area (Å²) in [7, 11) is -43.8. The minimum absolute atomic E-state index is 0.0292. The minimum Gasteiger partial charge on any atom is -0.390 e. The third kappa shape index (κ3) is 27.0. The monoisotopic (exact) mass is 1930 g/mol. The summed E-state index contributed by atoms with van der Waals surface area (Å²) < 4.78 is 268. The molecule has 1 saturated heterocycles. The first-order valence-electron chi connectivity index (χ1n) is 38.4. The number of phosphoric ester groups is 1. The summed E-state index contributed by atoms with van der Waals surface area (Å²) in [6, 6.07) is 16.1. The standard InChI is InChI=1S/C74H94N7O35P3S6/c1-73(33-14-38-120(95,96)97)63(79(3)57-29-27-53-55(69(57)73)40-51(122(101,102)103)42-61(53)124(107,108)109)31-25-49(26-32-64-74(2,34-15-39-121(98,99)100)70-56-41-52(123(104,105)106)43-62(125(110,111)112)54(56)28-30-58(70)80(64)4)48-23-21-47(22-24-48)16-9-10-20-67(85)76-36-12-5-7-18-65(83)75-35-11-6-8-19-66(84)77-37-13-17-50-45-81(72(87)78-71(50)86)68-44-59(82)60(114-68)46-113-118(91,92)116-119(93,94)115-117(88,89)90/h13,17,21-32,40-43,45,59-60,68,82H,5-12,14-16,18-20,33-39,44,46H2,1-4H3,(H13-,75,76,77,78,83,84,85,86,87,88,89,90,91,92,93,94,95,96,97,98,99,100,101,102,103,104,105,106,107,108,109,110,111,112)/p+1/b17-13+/t59-,60+,68+,73?,74?/m0/s1. The first kappa shape index (κ1) is 101. The van der Waals surface area contributed by atoms with Crippen molar-refractivity contribution in [2.24, 2.45) is 0 Å². The number of nitrogens with one attached hydrogen (secondary N) is 4. The Morgan fingerprint density at radius 2 is 1.14 bits per heavy atom. The van der Waals surface area contributed by atoms with Gasteiger partial charge >= 0.3 is 29.2 Å². The highest BCUT2D eigenvalue weighted by atomic mass is 32.2. The average molecular weight is 1930 g/mol. The number of rotatable bonds is 44. The predicted molar refractivity (Wildman–Crippen MR) is 452 cm³/mol. The van der Waals surface area contributed by atoms with Gasteiger partial charge in [0.05, 0.1) is 45.0 Å². The van der Waals surface area contributed by atoms with E-state index < -0.39 is 162 Å². The van der Waals surface area contributed by atoms with Crippen LogP contribution >= 0.6 is 23.5 Å². The summed E-state index contributed by atoms with van der Waals surface area (Å²) in [5.41, 5.74) is -1.04. The molecule has 0 aliphatic carbocycles. The predicted octanol–water partition coefficient (Wildman–Crippen LogP) is 6.97. The smallest absolute Gasteiger partial charge is 0.390 e. The molecule has 3 amide bonds. The fraction of sp³-hybridized carbons (Fsp3) is 0.432. The van der Waals surface area contributed by atoms with Gasteiger partial charge in [0.15, 0.2) is 5.71 Å². The van der Waals surface area contributed by atoms with Crippen LogP contribution < -0.4 is 32.1 Å². The maximum Gasteiger partial charge on any atom is 0.490 e. The minimum atomic E-state index is -5.83. The van der Waals surface area contributed by atoms with E-state index in [1.807, 2.05) is 12.1 Å². The molecule has 3 aliphatic heterocycles. The lowest BCUT2D eigenvalue weighted by atomic mass is 9.74. The summed E-state index contributed by atoms with van der Waals surface area (Å²) in [5.74, 6) is -2.19. The molecule has 125 heavy (non-hydrogen) atoms. The van der Waals surface area contributed by atoms with Gasteiger partial charge in [-0.2, -0.15) is 63.7 Å². The zero-order chi connectivity index (χ0) is 92.6. The van der Waals surface area contributed by atoms with E-state index in [9.17, 15) is 130 Å². The van der Waals surface area contributed by atoms with E-state index in [4.69, 9.17) is 14.5 Å². The van der Waals surface area contributed by atoms with Gasteiger partial charge in [-0.25, -0.2) is 18.5 Å². The number of carbonyl (C=O) groups excluding carboxylic acids is 3. The molecule has 5 aromatic carbocycles. The molecule has 9 rings (SSSR count). The molecular weight excluding hydrogens is 1830 g/mol. The number of carbonyl (C=O) groups is 3. The number of aromatic amines is 1. The average Bonchev–Trinajstić information content (AvgIpc) is 1.57. The van der Waals surface area contributed by atoms with Crippen molar-refractivity contribution in [3.05, 3.63) is 164 Å². The van der Waals surface area contributed by atoms with Crippen LogP contribution in [0.5, 0.6) is 0 Å². The van der Waals surface area contributed by atoms with Gasteiger partial charge in [0.2, 0.25) is 23.4 Å². The van der Waals surface area contributed by atoms with Crippen molar-refractivity contribution in [2.45, 2.75) is 172 Å². The Hall–Kier alpha value is -8.07. The Morgan fingerprint density at radius 3 is 1.66 bits per heavy atom. The van der Waals surface area contributed by atoms with Gasteiger partial charge in [0.1, 0.15) is 29.2 Å². The maximum absolute atomic E-state index is 13.0. The van der Waals surface area contributed by atoms with Crippen LogP contribution in [0.4, 0.5) is 11.4 Å². The number of aromatic nitrogens is 2. The van der Waals surface area contributed by atoms with Gasteiger partial charge in [-0.15, -0.1) is 0 Å². The third-order valence-electron chi connectivity index (χ3n) is 21.2. The molecule has 686 valence electrons. The number of benzene rings is 5. The highest BCUT2D eigenvalue weighted by molar-refractivity contribution is 7.87. The fourth-order valence-corrected chi connectivity index (χ4v) is 22.1. The number of ether oxygens (including phenoxy) is 1. The van der Waals surface area contributed by atoms with E-state index in [1.54, 1.807) is 73.9 Å². The van der Waals surface area contributed by atoms with Gasteiger partial charge in [0.25, 0.3) is 66.3 Å². The number of amides is 3. The molecule has 0 spiro atoms. The van der Waals surface area contributed by atoms with Crippen LogP contribution in [0.1, 0.15) is 151 Å². The molecule has 0 saturated carbocycles. The molecule has 51 heteroatoms. The molecule has 0 bridgehead atoms. The van der Waals surface area contributed by atoms with Crippen LogP contribution in [0, 0.1) is 0 Å². The maximum atomic E-state index is 13.0. The number of aliphatic hydroxyl groups is 1. The number of fused-ring (bicyclic) bond motifs is 6. The van der Waals surface area contributed by atoms with Crippen molar-refractivity contribution in [2.75, 3.05) is 56.7 Å². The van der Waals surface area contributed by atoms with E-state index in [0.29, 0.717) is 117 Å². The number of aryl methyl sites for hydroxylation is 1. The highest BCUT2D eigenvalue weighted by Gasteiger charge is 2.50. The van der Waals surface area contributed by atoms with E-state index in [0.717, 1.165) is 28.5 Å². The second-order valence-electron chi connectivity index (χ2n) is 30.3. The Labute approximate surface area is 718 Å². The molecule has 1 fully saturated rings. The van der Waals surface area contributed by atoms with Crippen molar-refractivity contribution in [1.82, 2.24) is 25.5 Å². The van der Waals surface area contributed by atoms with E-state index in [2.05, 4.69) is 34.1 Å². The number of hydrogen-bond donors (Lipinski definition) is 15. The fourth-order valence-electron chi connectivity index (χ4n) is 15.4. The number of nitrogens with zero attached hydrogens (tertiary/aromatic N) is 3. The Kier molecular flexibility index (Phi) is 32.5. The van der Waals surface area contributed by atoms with Crippen molar-refractivity contribution >= 4 is 152 Å². The van der Waals surface area contributed by atoms with Crippen LogP contribution in [0.25, 0.3) is 33.2 Å². The zero-order valence-corrected chi connectivity index (χ0v) is 74.9. The second kappa shape index (κ2) is 40.3. The molecule has 0 radical (unpaired) electrons. The first-order valence-corrected chi connectivity index (χ1v) is 51.9. The number of H-pyrrole nitrogens is 1. The van der Waals surface area contributed by atoms with Crippen LogP contribution in [0.15, 0.2) is 144 Å². The van der Waals surface area contributed by atoms with Crippen molar-refractivity contribution < 1.29 is 153 Å². The second-order valence-corrected chi connectivity index (χ2v) is 43.5. The van der Waals surface area contributed by atoms with E-state index in [-0.39, 0.29) is 114 Å². The number of unbranched alkanes of at least 4 members (excludes halogenated alkanes) is 5. The number of likely N-dealkylation sites (N-methyl/N-ethyl adjacent to an activating group) is 1. The molecule has 42 nitrogen and oxygen atoms in total. The van der Waals surface area contributed by atoms with Gasteiger partial charge in [0, 0.05) is 104 Å². The Morgan fingerprint density at radius 1 is 0.616 bits per heavy atom. The van der Waals surface area contributed by atoms with Crippen LogP contribution in [-0.2, 0) is 124 Å². The van der Waals surface area contributed by atoms with Crippen molar-refractivity contribution in [3.8, 4) is 0 Å². The summed E-state index contributed by atoms with van der Waals surface area (Å²) in [6.07, 6.45) is 10.8. The molecule has 6 aromatic rings. The van der Waals surface area contributed by atoms with Gasteiger partial charge < -0.3 is 50.3 Å². The SMILES string of the molecule is CN1C(=CC=C(C=CC2=[N+](C)c3ccc4c(S(=O)(=O)O)cc(S(=O)(=O)O)cc4c3C2(C)CCCS(=O)(=O)O)c2ccc(CCCCC(=O)NCCCCCC(=O)NCCCCCC(=O)NC/C=C/c3cn([C@H]4C[C@H](O)[C@@H](COP(=O)(O)OP(=O)(O)OP(=O)(O)O)O4)c(=O)[nH]c3=O)cc2)C(C)(CCCS(=O)(=O)O)c2c1ccc1c(S(=O)(=O)O)cc(S(=O)(=O)O)cc21. The number of hydrogen-bond acceptors (Lipinski definition) is 26. The number of aliphatic hydroxyl groups excluding tert-OH is 1. The Bertz CT molecular complexity index is 6380. The van der Waals surface area contributed by atoms with E-state index >= 15 is 0 Å². The molecule has 3 aliphatic rings. The molecule has 1 aromatic heterocycles. The van der Waals surface area contributed by atoms with Crippen molar-refractivity contribution in [1.29, 1.82) is 0 Å². The lowest BCUT2D eigenvalue weighted by Gasteiger charge is -2.29. The normalized spacial score (nSPS) is 20.0. The summed E-state index contributed by atoms with van der Waals surface area (Å²) in [6.45, 7) is 3.01. The molecular formula is C74H95N7O35P3S6+. The van der Waals surface area contributed by atoms with Crippen LogP contribution in [-0.4, -0.2) is 204 Å². The number of anilines is 1. The van der Waals surface area contributed by atoms with Crippen LogP contribution in [0.2, 0.25) is 0 Å². The lowest BCUT2D eigenvalue weighted by Crippen LogP contribution is -2.33. The quantitative estimate of drug-likeness (QED) is 0.00603. The van der Waals surface area contributed by atoms with Gasteiger partial charge in [-0.05, 0) is 166 Å². The molecule has 7 atom stereocenters. The number of allylic oxidation sites excluding steroid dienone is 6. The Balaban J connectivity index is 0.797. The summed E-state index contributed by atoms with van der Waals surface area (Å²) in [5, 5.41) is 18.4. The molecule has 15 N–H and O–H groups in total. The third-order valence-corrected chi connectivity index (χ3v) is 30.0. The topological polar surface area (TPSA) is 664 Å². The summed E-state index contributed by atoms with van der Waals surface area (Å²) in [4.78, 5) is 100. The van der Waals surface area contributed by atoms with Crippen molar-refractivity contribution in [3.63, 3.8) is 0 Å². The van der Waals surface area contributed by atoms with E-state index in [1.165, 1.54) is 36.4 Å².